The van der Waals surface area contributed by atoms with Crippen LogP contribution in [0.3, 0.4) is 0 Å². The molecule has 3 rings (SSSR count). The number of thiocarbonyl (C=S) groups is 1. The van der Waals surface area contributed by atoms with Gasteiger partial charge in [0.05, 0.1) is 0 Å². The summed E-state index contributed by atoms with van der Waals surface area (Å²) in [5.74, 6) is 0.502. The normalized spacial score (nSPS) is 14.4. The zero-order valence-corrected chi connectivity index (χ0v) is 17.0. The number of likely N-dealkylation sites (tertiary alicyclic amines) is 1. The van der Waals surface area contributed by atoms with Crippen LogP contribution in [0, 0.1) is 12.8 Å². The van der Waals surface area contributed by atoms with Crippen LogP contribution in [0.1, 0.15) is 46.0 Å². The number of piperidine rings is 1. The Balaban J connectivity index is 1.56. The first-order chi connectivity index (χ1) is 13.4. The smallest absolute Gasteiger partial charge is 0.257 e. The molecule has 0 saturated carbocycles. The minimum absolute atomic E-state index is 0.0638. The van der Waals surface area contributed by atoms with Crippen molar-refractivity contribution >= 4 is 34.8 Å². The predicted octanol–water partition coefficient (Wildman–Crippen LogP) is 3.99. The first-order valence-corrected chi connectivity index (χ1v) is 9.92. The van der Waals surface area contributed by atoms with Gasteiger partial charge in [-0.05, 0) is 73.8 Å². The van der Waals surface area contributed by atoms with Gasteiger partial charge in [0.1, 0.15) is 0 Å². The van der Waals surface area contributed by atoms with Crippen LogP contribution in [0.15, 0.2) is 48.5 Å². The molecule has 1 fully saturated rings. The molecule has 0 aliphatic carbocycles. The average molecular weight is 396 g/mol. The van der Waals surface area contributed by atoms with Crippen LogP contribution in [0.4, 0.5) is 5.69 Å². The highest BCUT2D eigenvalue weighted by Crippen LogP contribution is 2.19. The van der Waals surface area contributed by atoms with Crippen LogP contribution < -0.4 is 10.6 Å². The molecule has 2 N–H and O–H groups in total. The molecular weight excluding hydrogens is 370 g/mol. The zero-order valence-electron chi connectivity index (χ0n) is 16.2. The first kappa shape index (κ1) is 20.0. The summed E-state index contributed by atoms with van der Waals surface area (Å²) in [6.45, 7) is 5.73. The van der Waals surface area contributed by atoms with E-state index in [1.807, 2.05) is 30.0 Å². The van der Waals surface area contributed by atoms with E-state index in [0.29, 0.717) is 17.0 Å². The van der Waals surface area contributed by atoms with E-state index < -0.39 is 0 Å². The average Bonchev–Trinajstić information content (AvgIpc) is 2.69. The zero-order chi connectivity index (χ0) is 20.1. The topological polar surface area (TPSA) is 61.4 Å². The first-order valence-electron chi connectivity index (χ1n) is 9.51. The fraction of sp³-hybridized carbons (Fsp3) is 0.318. The van der Waals surface area contributed by atoms with E-state index in [-0.39, 0.29) is 16.9 Å². The number of benzene rings is 2. The van der Waals surface area contributed by atoms with E-state index in [2.05, 4.69) is 17.6 Å². The Morgan fingerprint density at radius 3 is 2.32 bits per heavy atom. The molecule has 0 atom stereocenters. The molecule has 2 amide bonds. The van der Waals surface area contributed by atoms with Crippen molar-refractivity contribution in [3.8, 4) is 0 Å². The van der Waals surface area contributed by atoms with Gasteiger partial charge >= 0.3 is 0 Å². The summed E-state index contributed by atoms with van der Waals surface area (Å²) in [4.78, 5) is 26.8. The van der Waals surface area contributed by atoms with Gasteiger partial charge in [-0.25, -0.2) is 0 Å². The SMILES string of the molecule is Cc1ccccc1C(=O)NC(=S)Nc1ccc(C(=O)N2CCC(C)CC2)cc1. The molecule has 6 heteroatoms. The summed E-state index contributed by atoms with van der Waals surface area (Å²) in [5.41, 5.74) is 2.86. The number of nitrogens with zero attached hydrogens (tertiary/aromatic N) is 1. The maximum Gasteiger partial charge on any atom is 0.257 e. The van der Waals surface area contributed by atoms with Gasteiger partial charge in [0.25, 0.3) is 11.8 Å². The number of hydrogen-bond acceptors (Lipinski definition) is 3. The van der Waals surface area contributed by atoms with Crippen molar-refractivity contribution in [1.82, 2.24) is 10.2 Å². The highest BCUT2D eigenvalue weighted by molar-refractivity contribution is 7.80. The molecule has 2 aromatic carbocycles. The van der Waals surface area contributed by atoms with Gasteiger partial charge in [-0.15, -0.1) is 0 Å². The maximum absolute atomic E-state index is 12.6. The van der Waals surface area contributed by atoms with Gasteiger partial charge in [-0.2, -0.15) is 0 Å². The lowest BCUT2D eigenvalue weighted by Gasteiger charge is -2.30. The molecular formula is C22H25N3O2S. The second kappa shape index (κ2) is 8.97. The van der Waals surface area contributed by atoms with Crippen LogP contribution in [-0.4, -0.2) is 34.9 Å². The van der Waals surface area contributed by atoms with Crippen LogP contribution in [0.25, 0.3) is 0 Å². The Labute approximate surface area is 171 Å². The Bertz CT molecular complexity index is 872. The quantitative estimate of drug-likeness (QED) is 0.772. The number of carbonyl (C=O) groups excluding carboxylic acids is 2. The monoisotopic (exact) mass is 395 g/mol. The Hall–Kier alpha value is -2.73. The number of anilines is 1. The molecule has 0 unspecified atom stereocenters. The van der Waals surface area contributed by atoms with Crippen molar-refractivity contribution in [2.24, 2.45) is 5.92 Å². The molecule has 0 radical (unpaired) electrons. The number of hydrogen-bond donors (Lipinski definition) is 2. The number of aryl methyl sites for hydroxylation is 1. The van der Waals surface area contributed by atoms with E-state index in [1.54, 1.807) is 30.3 Å². The largest absolute Gasteiger partial charge is 0.339 e. The summed E-state index contributed by atoms with van der Waals surface area (Å²) < 4.78 is 0. The number of carbonyl (C=O) groups is 2. The van der Waals surface area contributed by atoms with Crippen molar-refractivity contribution < 1.29 is 9.59 Å². The van der Waals surface area contributed by atoms with Crippen LogP contribution >= 0.6 is 12.2 Å². The highest BCUT2D eigenvalue weighted by atomic mass is 32.1. The summed E-state index contributed by atoms with van der Waals surface area (Å²) in [7, 11) is 0. The third-order valence-electron chi connectivity index (χ3n) is 5.08. The third kappa shape index (κ3) is 4.95. The molecule has 0 spiro atoms. The van der Waals surface area contributed by atoms with E-state index in [4.69, 9.17) is 12.2 Å². The molecule has 28 heavy (non-hydrogen) atoms. The number of nitrogens with one attached hydrogen (secondary N) is 2. The van der Waals surface area contributed by atoms with Crippen molar-refractivity contribution in [3.05, 3.63) is 65.2 Å². The van der Waals surface area contributed by atoms with Crippen LogP contribution in [0.5, 0.6) is 0 Å². The van der Waals surface area contributed by atoms with Crippen molar-refractivity contribution in [1.29, 1.82) is 0 Å². The number of amides is 2. The molecule has 146 valence electrons. The molecule has 1 aliphatic heterocycles. The maximum atomic E-state index is 12.6. The van der Waals surface area contributed by atoms with Gasteiger partial charge < -0.3 is 10.2 Å². The summed E-state index contributed by atoms with van der Waals surface area (Å²) >= 11 is 5.24. The van der Waals surface area contributed by atoms with Gasteiger partial charge in [0.15, 0.2) is 5.11 Å². The van der Waals surface area contributed by atoms with E-state index in [9.17, 15) is 9.59 Å². The lowest BCUT2D eigenvalue weighted by Crippen LogP contribution is -2.37. The molecule has 1 saturated heterocycles. The van der Waals surface area contributed by atoms with Gasteiger partial charge in [-0.3, -0.25) is 14.9 Å². The minimum Gasteiger partial charge on any atom is -0.339 e. The Kier molecular flexibility index (Phi) is 6.41. The second-order valence-electron chi connectivity index (χ2n) is 7.28. The fourth-order valence-electron chi connectivity index (χ4n) is 3.25. The van der Waals surface area contributed by atoms with Crippen molar-refractivity contribution in [2.75, 3.05) is 18.4 Å². The summed E-state index contributed by atoms with van der Waals surface area (Å²) in [6, 6.07) is 14.5. The standard InChI is InChI=1S/C22H25N3O2S/c1-15-11-13-25(14-12-15)21(27)17-7-9-18(10-8-17)23-22(28)24-20(26)19-6-4-3-5-16(19)2/h3-10,15H,11-14H2,1-2H3,(H2,23,24,26,28). The third-order valence-corrected chi connectivity index (χ3v) is 5.28. The van der Waals surface area contributed by atoms with E-state index in [0.717, 1.165) is 37.2 Å². The van der Waals surface area contributed by atoms with Crippen LogP contribution in [-0.2, 0) is 0 Å². The summed E-state index contributed by atoms with van der Waals surface area (Å²) in [6.07, 6.45) is 2.11. The van der Waals surface area contributed by atoms with Crippen LogP contribution in [0.2, 0.25) is 0 Å². The van der Waals surface area contributed by atoms with E-state index >= 15 is 0 Å². The van der Waals surface area contributed by atoms with Gasteiger partial charge in [0.2, 0.25) is 0 Å². The molecule has 0 aromatic heterocycles. The Morgan fingerprint density at radius 1 is 1.04 bits per heavy atom. The molecule has 0 bridgehead atoms. The number of rotatable bonds is 3. The molecule has 5 nitrogen and oxygen atoms in total. The summed E-state index contributed by atoms with van der Waals surface area (Å²) in [5, 5.41) is 5.89. The van der Waals surface area contributed by atoms with E-state index in [1.165, 1.54) is 0 Å². The molecule has 1 heterocycles. The highest BCUT2D eigenvalue weighted by Gasteiger charge is 2.21. The van der Waals surface area contributed by atoms with Gasteiger partial charge in [0, 0.05) is 29.9 Å². The molecule has 1 aliphatic rings. The van der Waals surface area contributed by atoms with Crippen molar-refractivity contribution in [2.45, 2.75) is 26.7 Å². The Morgan fingerprint density at radius 2 is 1.68 bits per heavy atom. The lowest BCUT2D eigenvalue weighted by atomic mass is 9.98. The second-order valence-corrected chi connectivity index (χ2v) is 7.68. The fourth-order valence-corrected chi connectivity index (χ4v) is 3.46. The van der Waals surface area contributed by atoms with Crippen molar-refractivity contribution in [3.63, 3.8) is 0 Å². The lowest BCUT2D eigenvalue weighted by molar-refractivity contribution is 0.0697. The minimum atomic E-state index is -0.248. The molecule has 2 aromatic rings. The predicted molar refractivity (Wildman–Crippen MR) is 116 cm³/mol. The van der Waals surface area contributed by atoms with Gasteiger partial charge in [-0.1, -0.05) is 25.1 Å².